The summed E-state index contributed by atoms with van der Waals surface area (Å²) in [7, 11) is 1.54. The summed E-state index contributed by atoms with van der Waals surface area (Å²) < 4.78 is 0. The molecule has 5 heteroatoms. The maximum Gasteiger partial charge on any atom is 0.257 e. The van der Waals surface area contributed by atoms with E-state index in [1.54, 1.807) is 12.1 Å². The Morgan fingerprint density at radius 1 is 1.37 bits per heavy atom. The van der Waals surface area contributed by atoms with Gasteiger partial charge >= 0.3 is 0 Å². The van der Waals surface area contributed by atoms with Crippen molar-refractivity contribution in [2.45, 2.75) is 20.3 Å². The van der Waals surface area contributed by atoms with Crippen LogP contribution in [0.2, 0.25) is 0 Å². The molecule has 0 radical (unpaired) electrons. The Morgan fingerprint density at radius 3 is 2.68 bits per heavy atom. The molecule has 0 saturated heterocycles. The molecule has 1 aromatic rings. The number of carbonyl (C=O) groups excluding carboxylic acids is 2. The second-order valence-electron chi connectivity index (χ2n) is 4.53. The number of phenols is 1. The van der Waals surface area contributed by atoms with E-state index in [-0.39, 0.29) is 29.7 Å². The maximum absolute atomic E-state index is 12.1. The SMILES string of the molecule is CCCNC(=O)CN(C)C(=O)c1cc(C)ccc1O. The summed E-state index contributed by atoms with van der Waals surface area (Å²) in [6.45, 7) is 4.37. The highest BCUT2D eigenvalue weighted by Gasteiger charge is 2.17. The van der Waals surface area contributed by atoms with E-state index in [0.717, 1.165) is 12.0 Å². The Labute approximate surface area is 113 Å². The average Bonchev–Trinajstić information content (AvgIpc) is 2.38. The van der Waals surface area contributed by atoms with Crippen molar-refractivity contribution in [3.05, 3.63) is 29.3 Å². The van der Waals surface area contributed by atoms with Gasteiger partial charge in [-0.25, -0.2) is 0 Å². The molecule has 19 heavy (non-hydrogen) atoms. The summed E-state index contributed by atoms with van der Waals surface area (Å²) in [5.41, 5.74) is 1.09. The number of hydrogen-bond donors (Lipinski definition) is 2. The van der Waals surface area contributed by atoms with Gasteiger partial charge in [0.1, 0.15) is 5.75 Å². The molecule has 104 valence electrons. The molecule has 0 saturated carbocycles. The number of aryl methyl sites for hydroxylation is 1. The van der Waals surface area contributed by atoms with Crippen molar-refractivity contribution in [2.24, 2.45) is 0 Å². The highest BCUT2D eigenvalue weighted by molar-refractivity contribution is 5.98. The van der Waals surface area contributed by atoms with Crippen molar-refractivity contribution in [1.29, 1.82) is 0 Å². The zero-order valence-electron chi connectivity index (χ0n) is 11.6. The van der Waals surface area contributed by atoms with Crippen LogP contribution in [0.25, 0.3) is 0 Å². The first-order valence-corrected chi connectivity index (χ1v) is 6.27. The van der Waals surface area contributed by atoms with Crippen molar-refractivity contribution in [2.75, 3.05) is 20.1 Å². The first-order chi connectivity index (χ1) is 8.95. The standard InChI is InChI=1S/C14H20N2O3/c1-4-7-15-13(18)9-16(3)14(19)11-8-10(2)5-6-12(11)17/h5-6,8,17H,4,7,9H2,1-3H3,(H,15,18). The lowest BCUT2D eigenvalue weighted by atomic mass is 10.1. The average molecular weight is 264 g/mol. The molecule has 0 fully saturated rings. The number of benzene rings is 1. The fourth-order valence-electron chi connectivity index (χ4n) is 1.63. The van der Waals surface area contributed by atoms with Crippen molar-refractivity contribution in [1.82, 2.24) is 10.2 Å². The number of likely N-dealkylation sites (N-methyl/N-ethyl adjacent to an activating group) is 1. The van der Waals surface area contributed by atoms with Crippen LogP contribution < -0.4 is 5.32 Å². The Kier molecular flexibility index (Phi) is 5.36. The molecule has 0 aliphatic rings. The predicted octanol–water partition coefficient (Wildman–Crippen LogP) is 1.30. The topological polar surface area (TPSA) is 69.6 Å². The Morgan fingerprint density at radius 2 is 2.05 bits per heavy atom. The number of rotatable bonds is 5. The number of amides is 2. The highest BCUT2D eigenvalue weighted by atomic mass is 16.3. The van der Waals surface area contributed by atoms with Gasteiger partial charge in [-0.2, -0.15) is 0 Å². The molecule has 0 spiro atoms. The third-order valence-corrected chi connectivity index (χ3v) is 2.68. The fourth-order valence-corrected chi connectivity index (χ4v) is 1.63. The quantitative estimate of drug-likeness (QED) is 0.842. The van der Waals surface area contributed by atoms with Gasteiger partial charge in [0.2, 0.25) is 5.91 Å². The van der Waals surface area contributed by atoms with E-state index in [1.165, 1.54) is 18.0 Å². The first-order valence-electron chi connectivity index (χ1n) is 6.27. The third-order valence-electron chi connectivity index (χ3n) is 2.68. The number of carbonyl (C=O) groups is 2. The van der Waals surface area contributed by atoms with Crippen molar-refractivity contribution < 1.29 is 14.7 Å². The normalized spacial score (nSPS) is 10.1. The fraction of sp³-hybridized carbons (Fsp3) is 0.429. The lowest BCUT2D eigenvalue weighted by Crippen LogP contribution is -2.38. The van der Waals surface area contributed by atoms with E-state index in [0.29, 0.717) is 6.54 Å². The van der Waals surface area contributed by atoms with E-state index >= 15 is 0 Å². The van der Waals surface area contributed by atoms with Gasteiger partial charge in [-0.3, -0.25) is 9.59 Å². The molecule has 0 aliphatic heterocycles. The van der Waals surface area contributed by atoms with E-state index < -0.39 is 0 Å². The zero-order valence-corrected chi connectivity index (χ0v) is 11.6. The molecular formula is C14H20N2O3. The number of nitrogens with one attached hydrogen (secondary N) is 1. The summed E-state index contributed by atoms with van der Waals surface area (Å²) in [4.78, 5) is 24.9. The van der Waals surface area contributed by atoms with Crippen LogP contribution in [0, 0.1) is 6.92 Å². The molecule has 0 heterocycles. The van der Waals surface area contributed by atoms with Crippen LogP contribution in [0.5, 0.6) is 5.75 Å². The Hall–Kier alpha value is -2.04. The first kappa shape index (κ1) is 15.0. The second-order valence-corrected chi connectivity index (χ2v) is 4.53. The predicted molar refractivity (Wildman–Crippen MR) is 73.1 cm³/mol. The molecule has 2 N–H and O–H groups in total. The number of phenolic OH excluding ortho intramolecular Hbond substituents is 1. The van der Waals surface area contributed by atoms with Crippen LogP contribution in [-0.2, 0) is 4.79 Å². The minimum absolute atomic E-state index is 0.0216. The van der Waals surface area contributed by atoms with E-state index in [1.807, 2.05) is 13.8 Å². The summed E-state index contributed by atoms with van der Waals surface area (Å²) >= 11 is 0. The smallest absolute Gasteiger partial charge is 0.257 e. The van der Waals surface area contributed by atoms with Gasteiger partial charge in [0.15, 0.2) is 0 Å². The van der Waals surface area contributed by atoms with Gasteiger partial charge in [-0.1, -0.05) is 18.6 Å². The van der Waals surface area contributed by atoms with E-state index in [4.69, 9.17) is 0 Å². The van der Waals surface area contributed by atoms with Gasteiger partial charge in [0.25, 0.3) is 5.91 Å². The van der Waals surface area contributed by atoms with Crippen LogP contribution >= 0.6 is 0 Å². The Bertz CT molecular complexity index is 472. The molecule has 2 amide bonds. The van der Waals surface area contributed by atoms with Crippen LogP contribution in [0.1, 0.15) is 29.3 Å². The molecule has 5 nitrogen and oxygen atoms in total. The minimum atomic E-state index is -0.368. The summed E-state index contributed by atoms with van der Waals surface area (Å²) in [6, 6.07) is 4.81. The van der Waals surface area contributed by atoms with Crippen LogP contribution in [0.3, 0.4) is 0 Å². The van der Waals surface area contributed by atoms with Crippen LogP contribution in [0.15, 0.2) is 18.2 Å². The molecule has 1 aromatic carbocycles. The zero-order chi connectivity index (χ0) is 14.4. The van der Waals surface area contributed by atoms with Crippen LogP contribution in [0.4, 0.5) is 0 Å². The molecular weight excluding hydrogens is 244 g/mol. The summed E-state index contributed by atoms with van der Waals surface area (Å²) in [5.74, 6) is -0.644. The van der Waals surface area contributed by atoms with Crippen molar-refractivity contribution in [3.63, 3.8) is 0 Å². The lowest BCUT2D eigenvalue weighted by molar-refractivity contribution is -0.121. The third kappa shape index (κ3) is 4.28. The highest BCUT2D eigenvalue weighted by Crippen LogP contribution is 2.19. The van der Waals surface area contributed by atoms with Crippen LogP contribution in [-0.4, -0.2) is 42.0 Å². The second kappa shape index (κ2) is 6.78. The minimum Gasteiger partial charge on any atom is -0.507 e. The molecule has 0 atom stereocenters. The van der Waals surface area contributed by atoms with Gasteiger partial charge in [-0.05, 0) is 25.5 Å². The molecule has 0 unspecified atom stereocenters. The molecule has 1 rings (SSSR count). The molecule has 0 aromatic heterocycles. The van der Waals surface area contributed by atoms with Gasteiger partial charge < -0.3 is 15.3 Å². The summed E-state index contributed by atoms with van der Waals surface area (Å²) in [5, 5.41) is 12.4. The van der Waals surface area contributed by atoms with E-state index in [2.05, 4.69) is 5.32 Å². The number of hydrogen-bond acceptors (Lipinski definition) is 3. The van der Waals surface area contributed by atoms with Gasteiger partial charge in [-0.15, -0.1) is 0 Å². The number of nitrogens with zero attached hydrogens (tertiary/aromatic N) is 1. The Balaban J connectivity index is 2.71. The van der Waals surface area contributed by atoms with Gasteiger partial charge in [0, 0.05) is 13.6 Å². The monoisotopic (exact) mass is 264 g/mol. The molecule has 0 aliphatic carbocycles. The largest absolute Gasteiger partial charge is 0.507 e. The van der Waals surface area contributed by atoms with Gasteiger partial charge in [0.05, 0.1) is 12.1 Å². The summed E-state index contributed by atoms with van der Waals surface area (Å²) in [6.07, 6.45) is 0.849. The molecule has 0 bridgehead atoms. The lowest BCUT2D eigenvalue weighted by Gasteiger charge is -2.17. The number of aromatic hydroxyl groups is 1. The van der Waals surface area contributed by atoms with E-state index in [9.17, 15) is 14.7 Å². The maximum atomic E-state index is 12.1. The van der Waals surface area contributed by atoms with Crippen molar-refractivity contribution in [3.8, 4) is 5.75 Å². The van der Waals surface area contributed by atoms with Crippen molar-refractivity contribution >= 4 is 11.8 Å².